The molecule has 20 heavy (non-hydrogen) atoms. The highest BCUT2D eigenvalue weighted by atomic mass is 19.1. The first-order chi connectivity index (χ1) is 9.31. The van der Waals surface area contributed by atoms with Gasteiger partial charge >= 0.3 is 5.97 Å². The fraction of sp³-hybridized carbons (Fsp3) is 0.429. The molecule has 0 saturated carbocycles. The maximum absolute atomic E-state index is 12.7. The molecule has 1 rings (SSSR count). The molecule has 0 radical (unpaired) electrons. The minimum absolute atomic E-state index is 0.241. The van der Waals surface area contributed by atoms with Gasteiger partial charge in [0.15, 0.2) is 6.10 Å². The third-order valence-electron chi connectivity index (χ3n) is 2.73. The summed E-state index contributed by atoms with van der Waals surface area (Å²) in [4.78, 5) is 22.9. The van der Waals surface area contributed by atoms with Crippen molar-refractivity contribution in [3.05, 3.63) is 30.1 Å². The van der Waals surface area contributed by atoms with Crippen molar-refractivity contribution >= 4 is 11.9 Å². The van der Waals surface area contributed by atoms with Crippen molar-refractivity contribution in [2.75, 3.05) is 0 Å². The van der Waals surface area contributed by atoms with Crippen molar-refractivity contribution in [3.8, 4) is 5.75 Å². The van der Waals surface area contributed by atoms with Crippen molar-refractivity contribution in [1.82, 2.24) is 5.32 Å². The Bertz CT molecular complexity index is 473. The van der Waals surface area contributed by atoms with Crippen LogP contribution in [0.2, 0.25) is 0 Å². The Morgan fingerprint density at radius 2 is 1.75 bits per heavy atom. The quantitative estimate of drug-likeness (QED) is 0.835. The summed E-state index contributed by atoms with van der Waals surface area (Å²) < 4.78 is 18.1. The average molecular weight is 283 g/mol. The highest BCUT2D eigenvalue weighted by molar-refractivity contribution is 5.86. The van der Waals surface area contributed by atoms with Crippen molar-refractivity contribution < 1.29 is 23.8 Å². The van der Waals surface area contributed by atoms with Crippen LogP contribution in [0.4, 0.5) is 4.39 Å². The fourth-order valence-corrected chi connectivity index (χ4v) is 1.55. The summed E-state index contributed by atoms with van der Waals surface area (Å²) in [5, 5.41) is 11.4. The molecule has 0 aliphatic carbocycles. The second-order valence-electron chi connectivity index (χ2n) is 4.78. The first-order valence-corrected chi connectivity index (χ1v) is 6.26. The number of ether oxygens (including phenoxy) is 1. The van der Waals surface area contributed by atoms with Gasteiger partial charge in [0.25, 0.3) is 5.91 Å². The van der Waals surface area contributed by atoms with Crippen LogP contribution < -0.4 is 10.1 Å². The number of rotatable bonds is 6. The van der Waals surface area contributed by atoms with E-state index in [4.69, 9.17) is 9.84 Å². The van der Waals surface area contributed by atoms with E-state index in [1.807, 2.05) is 0 Å². The van der Waals surface area contributed by atoms with Gasteiger partial charge in [-0.05, 0) is 37.1 Å². The van der Waals surface area contributed by atoms with E-state index in [9.17, 15) is 14.0 Å². The lowest BCUT2D eigenvalue weighted by atomic mass is 10.0. The second kappa shape index (κ2) is 6.88. The van der Waals surface area contributed by atoms with E-state index in [-0.39, 0.29) is 5.92 Å². The van der Waals surface area contributed by atoms with Crippen molar-refractivity contribution in [1.29, 1.82) is 0 Å². The number of nitrogens with one attached hydrogen (secondary N) is 1. The molecule has 0 aromatic heterocycles. The fourth-order valence-electron chi connectivity index (χ4n) is 1.55. The first kappa shape index (κ1) is 15.9. The highest BCUT2D eigenvalue weighted by Gasteiger charge is 2.26. The number of aliphatic carboxylic acids is 1. The van der Waals surface area contributed by atoms with Crippen molar-refractivity contribution in [2.24, 2.45) is 5.92 Å². The summed E-state index contributed by atoms with van der Waals surface area (Å²) in [6, 6.07) is 4.26. The second-order valence-corrected chi connectivity index (χ2v) is 4.78. The third kappa shape index (κ3) is 4.53. The van der Waals surface area contributed by atoms with E-state index in [1.165, 1.54) is 31.2 Å². The van der Waals surface area contributed by atoms with E-state index in [2.05, 4.69) is 5.32 Å². The van der Waals surface area contributed by atoms with Crippen LogP contribution in [0, 0.1) is 11.7 Å². The van der Waals surface area contributed by atoms with Gasteiger partial charge in [-0.2, -0.15) is 0 Å². The third-order valence-corrected chi connectivity index (χ3v) is 2.73. The SMILES string of the molecule is CC(C)[C@@H](NC(=O)[C@@H](C)Oc1ccc(F)cc1)C(=O)O. The summed E-state index contributed by atoms with van der Waals surface area (Å²) in [5.74, 6) is -1.93. The van der Waals surface area contributed by atoms with Gasteiger partial charge in [0.05, 0.1) is 0 Å². The zero-order valence-corrected chi connectivity index (χ0v) is 11.6. The maximum atomic E-state index is 12.7. The minimum Gasteiger partial charge on any atom is -0.481 e. The lowest BCUT2D eigenvalue weighted by molar-refractivity contribution is -0.144. The topological polar surface area (TPSA) is 75.6 Å². The van der Waals surface area contributed by atoms with Gasteiger partial charge in [-0.3, -0.25) is 4.79 Å². The largest absolute Gasteiger partial charge is 0.481 e. The number of hydrogen-bond acceptors (Lipinski definition) is 3. The van der Waals surface area contributed by atoms with E-state index in [0.29, 0.717) is 5.75 Å². The van der Waals surface area contributed by atoms with Crippen molar-refractivity contribution in [3.63, 3.8) is 0 Å². The molecular weight excluding hydrogens is 265 g/mol. The molecule has 1 aromatic carbocycles. The maximum Gasteiger partial charge on any atom is 0.326 e. The zero-order chi connectivity index (χ0) is 15.3. The molecule has 0 fully saturated rings. The molecule has 6 heteroatoms. The van der Waals surface area contributed by atoms with Gasteiger partial charge in [0.2, 0.25) is 0 Å². The van der Waals surface area contributed by atoms with Gasteiger partial charge in [0, 0.05) is 0 Å². The number of halogens is 1. The van der Waals surface area contributed by atoms with Gasteiger partial charge in [-0.25, -0.2) is 9.18 Å². The Morgan fingerprint density at radius 3 is 2.20 bits per heavy atom. The summed E-state index contributed by atoms with van der Waals surface area (Å²) in [5.41, 5.74) is 0. The van der Waals surface area contributed by atoms with Crippen LogP contribution in [0.3, 0.4) is 0 Å². The molecule has 0 unspecified atom stereocenters. The number of hydrogen-bond donors (Lipinski definition) is 2. The van der Waals surface area contributed by atoms with Crippen LogP contribution in [0.1, 0.15) is 20.8 Å². The van der Waals surface area contributed by atoms with Crippen LogP contribution in [0.5, 0.6) is 5.75 Å². The predicted molar refractivity (Wildman–Crippen MR) is 70.9 cm³/mol. The number of carbonyl (C=O) groups excluding carboxylic acids is 1. The number of benzene rings is 1. The van der Waals surface area contributed by atoms with E-state index in [1.54, 1.807) is 13.8 Å². The Balaban J connectivity index is 2.62. The zero-order valence-electron chi connectivity index (χ0n) is 11.6. The van der Waals surface area contributed by atoms with Gasteiger partial charge < -0.3 is 15.2 Å². The summed E-state index contributed by atoms with van der Waals surface area (Å²) >= 11 is 0. The number of carboxylic acids is 1. The Labute approximate surface area is 116 Å². The lowest BCUT2D eigenvalue weighted by Crippen LogP contribution is -2.48. The van der Waals surface area contributed by atoms with E-state index in [0.717, 1.165) is 0 Å². The first-order valence-electron chi connectivity index (χ1n) is 6.26. The van der Waals surface area contributed by atoms with Crippen LogP contribution >= 0.6 is 0 Å². The Kier molecular flexibility index (Phi) is 5.49. The van der Waals surface area contributed by atoms with Crippen molar-refractivity contribution in [2.45, 2.75) is 32.9 Å². The van der Waals surface area contributed by atoms with E-state index >= 15 is 0 Å². The Morgan fingerprint density at radius 1 is 1.20 bits per heavy atom. The summed E-state index contributed by atoms with van der Waals surface area (Å²) in [7, 11) is 0. The summed E-state index contributed by atoms with van der Waals surface area (Å²) in [6.45, 7) is 4.90. The number of amides is 1. The van der Waals surface area contributed by atoms with Gasteiger partial charge in [-0.1, -0.05) is 13.8 Å². The molecule has 0 saturated heterocycles. The molecule has 1 amide bonds. The van der Waals surface area contributed by atoms with Crippen LogP contribution in [-0.2, 0) is 9.59 Å². The lowest BCUT2D eigenvalue weighted by Gasteiger charge is -2.21. The molecule has 2 N–H and O–H groups in total. The molecule has 0 aliphatic heterocycles. The smallest absolute Gasteiger partial charge is 0.326 e. The Hall–Kier alpha value is -2.11. The standard InChI is InChI=1S/C14H18FNO4/c1-8(2)12(14(18)19)16-13(17)9(3)20-11-6-4-10(15)5-7-11/h4-9,12H,1-3H3,(H,16,17)(H,18,19)/t9-,12-/m1/s1. The monoisotopic (exact) mass is 283 g/mol. The van der Waals surface area contributed by atoms with Crippen LogP contribution in [0.25, 0.3) is 0 Å². The normalized spacial score (nSPS) is 13.7. The van der Waals surface area contributed by atoms with Crippen LogP contribution in [-0.4, -0.2) is 29.1 Å². The molecule has 2 atom stereocenters. The van der Waals surface area contributed by atoms with Crippen LogP contribution in [0.15, 0.2) is 24.3 Å². The molecule has 0 aliphatic rings. The molecular formula is C14H18FNO4. The molecule has 0 heterocycles. The molecule has 5 nitrogen and oxygen atoms in total. The predicted octanol–water partition coefficient (Wildman–Crippen LogP) is 1.82. The average Bonchev–Trinajstić information content (AvgIpc) is 2.37. The van der Waals surface area contributed by atoms with Gasteiger partial charge in [-0.15, -0.1) is 0 Å². The number of carbonyl (C=O) groups is 2. The molecule has 0 spiro atoms. The highest BCUT2D eigenvalue weighted by Crippen LogP contribution is 2.13. The summed E-state index contributed by atoms with van der Waals surface area (Å²) in [6.07, 6.45) is -0.874. The minimum atomic E-state index is -1.10. The molecule has 1 aromatic rings. The molecule has 0 bridgehead atoms. The molecule has 110 valence electrons. The van der Waals surface area contributed by atoms with E-state index < -0.39 is 29.8 Å². The number of carboxylic acid groups (broad SMARTS) is 1. The van der Waals surface area contributed by atoms with Gasteiger partial charge in [0.1, 0.15) is 17.6 Å².